The van der Waals surface area contributed by atoms with E-state index in [4.69, 9.17) is 5.11 Å². The van der Waals surface area contributed by atoms with Gasteiger partial charge in [0, 0.05) is 63.3 Å². The number of piperazine rings is 1. The summed E-state index contributed by atoms with van der Waals surface area (Å²) in [6, 6.07) is 11.1. The van der Waals surface area contributed by atoms with Crippen LogP contribution in [0.5, 0.6) is 0 Å². The highest BCUT2D eigenvalue weighted by molar-refractivity contribution is 7.89. The summed E-state index contributed by atoms with van der Waals surface area (Å²) < 4.78 is 26.0. The number of hydrogen-bond donors (Lipinski definition) is 2. The minimum absolute atomic E-state index is 0.121. The molecule has 0 spiro atoms. The Morgan fingerprint density at radius 1 is 1.04 bits per heavy atom. The molecule has 0 atom stereocenters. The molecule has 1 aliphatic heterocycles. The van der Waals surface area contributed by atoms with Crippen LogP contribution in [0.3, 0.4) is 0 Å². The lowest BCUT2D eigenvalue weighted by Gasteiger charge is -2.34. The number of sulfonamides is 1. The molecule has 1 heterocycles. The molecule has 142 valence electrons. The number of nitrogens with one attached hydrogen (secondary N) is 1. The zero-order valence-electron chi connectivity index (χ0n) is 15.2. The Bertz CT molecular complexity index is 862. The molecule has 7 nitrogen and oxygen atoms in total. The van der Waals surface area contributed by atoms with Gasteiger partial charge in [-0.1, -0.05) is 24.3 Å². The largest absolute Gasteiger partial charge is 0.395 e. The molecule has 0 radical (unpaired) electrons. The van der Waals surface area contributed by atoms with Gasteiger partial charge in [-0.3, -0.25) is 4.90 Å². The molecule has 8 heteroatoms. The van der Waals surface area contributed by atoms with E-state index in [1.165, 1.54) is 0 Å². The SMILES string of the molecule is CN(C)c1cccc2c(S(=O)(=O)NN3CCN(CCO)CC3)cccc12. The van der Waals surface area contributed by atoms with Gasteiger partial charge in [-0.15, -0.1) is 4.83 Å². The molecule has 1 saturated heterocycles. The first kappa shape index (κ1) is 19.1. The van der Waals surface area contributed by atoms with Gasteiger partial charge in [-0.25, -0.2) is 13.4 Å². The lowest BCUT2D eigenvalue weighted by molar-refractivity contribution is 0.0993. The van der Waals surface area contributed by atoms with Crippen LogP contribution in [0.15, 0.2) is 41.3 Å². The van der Waals surface area contributed by atoms with E-state index in [-0.39, 0.29) is 11.5 Å². The highest BCUT2D eigenvalue weighted by atomic mass is 32.2. The van der Waals surface area contributed by atoms with Crippen molar-refractivity contribution >= 4 is 26.5 Å². The highest BCUT2D eigenvalue weighted by Crippen LogP contribution is 2.30. The van der Waals surface area contributed by atoms with Crippen molar-refractivity contribution in [3.8, 4) is 0 Å². The van der Waals surface area contributed by atoms with Crippen LogP contribution in [0, 0.1) is 0 Å². The van der Waals surface area contributed by atoms with Crippen molar-refractivity contribution in [1.82, 2.24) is 14.7 Å². The van der Waals surface area contributed by atoms with E-state index in [9.17, 15) is 8.42 Å². The zero-order valence-corrected chi connectivity index (χ0v) is 16.0. The summed E-state index contributed by atoms with van der Waals surface area (Å²) in [6.07, 6.45) is 0. The molecule has 1 aliphatic rings. The van der Waals surface area contributed by atoms with Crippen molar-refractivity contribution < 1.29 is 13.5 Å². The number of rotatable bonds is 6. The van der Waals surface area contributed by atoms with Crippen molar-refractivity contribution in [2.75, 3.05) is 58.3 Å². The van der Waals surface area contributed by atoms with Crippen molar-refractivity contribution in [1.29, 1.82) is 0 Å². The van der Waals surface area contributed by atoms with Crippen LogP contribution < -0.4 is 9.73 Å². The van der Waals surface area contributed by atoms with Crippen molar-refractivity contribution in [2.45, 2.75) is 4.90 Å². The second kappa shape index (κ2) is 7.89. The molecule has 0 unspecified atom stereocenters. The fraction of sp³-hybridized carbons (Fsp3) is 0.444. The van der Waals surface area contributed by atoms with Crippen molar-refractivity contribution in [3.05, 3.63) is 36.4 Å². The third-order valence-electron chi connectivity index (χ3n) is 4.67. The zero-order chi connectivity index (χ0) is 18.7. The Hall–Kier alpha value is -1.71. The molecule has 0 saturated carbocycles. The van der Waals surface area contributed by atoms with Crippen LogP contribution in [0.1, 0.15) is 0 Å². The minimum Gasteiger partial charge on any atom is -0.395 e. The summed E-state index contributed by atoms with van der Waals surface area (Å²) in [6.45, 7) is 3.37. The van der Waals surface area contributed by atoms with Crippen LogP contribution in [0.4, 0.5) is 5.69 Å². The predicted molar refractivity (Wildman–Crippen MR) is 104 cm³/mol. The van der Waals surface area contributed by atoms with Crippen molar-refractivity contribution in [3.63, 3.8) is 0 Å². The number of aliphatic hydroxyl groups excluding tert-OH is 1. The average molecular weight is 378 g/mol. The smallest absolute Gasteiger partial charge is 0.254 e. The summed E-state index contributed by atoms with van der Waals surface area (Å²) in [5.74, 6) is 0. The molecule has 2 aromatic carbocycles. The van der Waals surface area contributed by atoms with Crippen LogP contribution >= 0.6 is 0 Å². The van der Waals surface area contributed by atoms with Gasteiger partial charge in [-0.2, -0.15) is 0 Å². The molecule has 0 bridgehead atoms. The highest BCUT2D eigenvalue weighted by Gasteiger charge is 2.24. The van der Waals surface area contributed by atoms with E-state index in [0.717, 1.165) is 24.2 Å². The molecule has 1 fully saturated rings. The number of hydrazine groups is 1. The Morgan fingerprint density at radius 3 is 2.35 bits per heavy atom. The van der Waals surface area contributed by atoms with Gasteiger partial charge in [0.05, 0.1) is 11.5 Å². The lowest BCUT2D eigenvalue weighted by Crippen LogP contribution is -2.53. The summed E-state index contributed by atoms with van der Waals surface area (Å²) in [5, 5.41) is 12.4. The normalized spacial score (nSPS) is 16.9. The molecular formula is C18H26N4O3S. The standard InChI is InChI=1S/C18H26N4O3S/c1-20(2)17-7-3-6-16-15(17)5-4-8-18(16)26(24,25)19-22-11-9-21(10-12-22)13-14-23/h3-8,19,23H,9-14H2,1-2H3. The lowest BCUT2D eigenvalue weighted by atomic mass is 10.1. The van der Waals surface area contributed by atoms with E-state index in [2.05, 4.69) is 9.73 Å². The Labute approximate surface area is 154 Å². The molecule has 2 aromatic rings. The summed E-state index contributed by atoms with van der Waals surface area (Å²) in [7, 11) is 0.220. The second-order valence-electron chi connectivity index (χ2n) is 6.67. The molecule has 0 aromatic heterocycles. The fourth-order valence-electron chi connectivity index (χ4n) is 3.31. The Morgan fingerprint density at radius 2 is 1.69 bits per heavy atom. The van der Waals surface area contributed by atoms with E-state index in [1.807, 2.05) is 43.3 Å². The summed E-state index contributed by atoms with van der Waals surface area (Å²) in [4.78, 5) is 7.10. The number of β-amino-alcohol motifs (C(OH)–C–C–N with tert-alkyl or cyclic N) is 1. The number of hydrogen-bond acceptors (Lipinski definition) is 6. The van der Waals surface area contributed by atoms with Crippen LogP contribution in [-0.2, 0) is 10.0 Å². The van der Waals surface area contributed by atoms with Gasteiger partial charge in [-0.05, 0) is 12.1 Å². The molecule has 0 amide bonds. The minimum atomic E-state index is -3.67. The third kappa shape index (κ3) is 3.99. The molecule has 26 heavy (non-hydrogen) atoms. The Balaban J connectivity index is 1.85. The topological polar surface area (TPSA) is 76.1 Å². The van der Waals surface area contributed by atoms with Gasteiger partial charge in [0.1, 0.15) is 0 Å². The molecular weight excluding hydrogens is 352 g/mol. The van der Waals surface area contributed by atoms with Gasteiger partial charge in [0.2, 0.25) is 0 Å². The van der Waals surface area contributed by atoms with Crippen LogP contribution in [-0.4, -0.2) is 76.9 Å². The van der Waals surface area contributed by atoms with Gasteiger partial charge in [0.25, 0.3) is 10.0 Å². The van der Waals surface area contributed by atoms with E-state index < -0.39 is 10.0 Å². The molecule has 0 aliphatic carbocycles. The predicted octanol–water partition coefficient (Wildman–Crippen LogP) is 0.709. The maximum absolute atomic E-state index is 13.0. The van der Waals surface area contributed by atoms with Crippen LogP contribution in [0.2, 0.25) is 0 Å². The average Bonchev–Trinajstić information content (AvgIpc) is 2.62. The maximum Gasteiger partial charge on any atom is 0.254 e. The number of fused-ring (bicyclic) bond motifs is 1. The monoisotopic (exact) mass is 378 g/mol. The van der Waals surface area contributed by atoms with Gasteiger partial charge < -0.3 is 10.0 Å². The van der Waals surface area contributed by atoms with E-state index >= 15 is 0 Å². The fourth-order valence-corrected chi connectivity index (χ4v) is 4.66. The number of aliphatic hydroxyl groups is 1. The molecule has 2 N–H and O–H groups in total. The van der Waals surface area contributed by atoms with E-state index in [1.54, 1.807) is 17.1 Å². The second-order valence-corrected chi connectivity index (χ2v) is 8.30. The van der Waals surface area contributed by atoms with Gasteiger partial charge in [0.15, 0.2) is 0 Å². The quantitative estimate of drug-likeness (QED) is 0.771. The summed E-state index contributed by atoms with van der Waals surface area (Å²) >= 11 is 0. The molecule has 3 rings (SSSR count). The number of benzene rings is 2. The van der Waals surface area contributed by atoms with E-state index in [0.29, 0.717) is 25.0 Å². The first-order valence-corrected chi connectivity index (χ1v) is 10.2. The first-order valence-electron chi connectivity index (χ1n) is 8.72. The van der Waals surface area contributed by atoms with Crippen LogP contribution in [0.25, 0.3) is 10.8 Å². The van der Waals surface area contributed by atoms with Gasteiger partial charge >= 0.3 is 0 Å². The van der Waals surface area contributed by atoms with Crippen molar-refractivity contribution in [2.24, 2.45) is 0 Å². The maximum atomic E-state index is 13.0. The third-order valence-corrected chi connectivity index (χ3v) is 6.10. The Kier molecular flexibility index (Phi) is 5.79. The summed E-state index contributed by atoms with van der Waals surface area (Å²) in [5.41, 5.74) is 0.983. The number of nitrogens with zero attached hydrogens (tertiary/aromatic N) is 3. The first-order chi connectivity index (χ1) is 12.4. The number of anilines is 1.